The standard InChI is InChI=1S/C19H35NO/c1-14-6-7-16(17(20)12-14)18(2,3)15-8-11-21-19(13-15)9-4-5-10-19/h14-17H,4-13,20H2,1-3H3. The van der Waals surface area contributed by atoms with Crippen molar-refractivity contribution in [3.8, 4) is 0 Å². The second-order valence-electron chi connectivity index (χ2n) is 8.94. The van der Waals surface area contributed by atoms with Crippen molar-refractivity contribution in [1.82, 2.24) is 0 Å². The van der Waals surface area contributed by atoms with Crippen LogP contribution in [0, 0.1) is 23.2 Å². The van der Waals surface area contributed by atoms with Crippen molar-refractivity contribution in [1.29, 1.82) is 0 Å². The third-order valence-corrected chi connectivity index (χ3v) is 7.18. The van der Waals surface area contributed by atoms with Crippen molar-refractivity contribution in [2.45, 2.75) is 90.2 Å². The molecule has 4 unspecified atom stereocenters. The molecule has 2 heteroatoms. The molecular formula is C19H35NO. The molecule has 2 nitrogen and oxygen atoms in total. The summed E-state index contributed by atoms with van der Waals surface area (Å²) in [7, 11) is 0. The van der Waals surface area contributed by atoms with Gasteiger partial charge in [0.2, 0.25) is 0 Å². The number of hydrogen-bond donors (Lipinski definition) is 1. The molecule has 0 aromatic heterocycles. The van der Waals surface area contributed by atoms with E-state index in [2.05, 4.69) is 20.8 Å². The molecule has 4 atom stereocenters. The van der Waals surface area contributed by atoms with E-state index < -0.39 is 0 Å². The summed E-state index contributed by atoms with van der Waals surface area (Å²) in [6, 6.07) is 0.408. The lowest BCUT2D eigenvalue weighted by Gasteiger charge is -2.51. The van der Waals surface area contributed by atoms with Crippen LogP contribution in [0.3, 0.4) is 0 Å². The van der Waals surface area contributed by atoms with E-state index in [0.29, 0.717) is 17.4 Å². The van der Waals surface area contributed by atoms with E-state index in [1.807, 2.05) is 0 Å². The average Bonchev–Trinajstić information content (AvgIpc) is 2.86. The Morgan fingerprint density at radius 3 is 2.48 bits per heavy atom. The van der Waals surface area contributed by atoms with E-state index in [-0.39, 0.29) is 5.60 Å². The van der Waals surface area contributed by atoms with Gasteiger partial charge in [-0.1, -0.05) is 40.0 Å². The van der Waals surface area contributed by atoms with Crippen molar-refractivity contribution in [2.75, 3.05) is 6.61 Å². The Labute approximate surface area is 131 Å². The van der Waals surface area contributed by atoms with Crippen LogP contribution in [0.25, 0.3) is 0 Å². The predicted octanol–water partition coefficient (Wildman–Crippen LogP) is 4.52. The fourth-order valence-electron chi connectivity index (χ4n) is 5.68. The second kappa shape index (κ2) is 5.85. The normalized spacial score (nSPS) is 40.6. The molecule has 3 aliphatic rings. The van der Waals surface area contributed by atoms with Gasteiger partial charge in [0, 0.05) is 12.6 Å². The summed E-state index contributed by atoms with van der Waals surface area (Å²) in [6.45, 7) is 8.36. The van der Waals surface area contributed by atoms with E-state index >= 15 is 0 Å². The summed E-state index contributed by atoms with van der Waals surface area (Å²) >= 11 is 0. The van der Waals surface area contributed by atoms with Gasteiger partial charge in [-0.25, -0.2) is 0 Å². The topological polar surface area (TPSA) is 35.2 Å². The summed E-state index contributed by atoms with van der Waals surface area (Å²) < 4.78 is 6.25. The lowest BCUT2D eigenvalue weighted by Crippen LogP contribution is -2.50. The van der Waals surface area contributed by atoms with Crippen LogP contribution < -0.4 is 5.73 Å². The first-order valence-corrected chi connectivity index (χ1v) is 9.32. The fourth-order valence-corrected chi connectivity index (χ4v) is 5.68. The lowest BCUT2D eigenvalue weighted by atomic mass is 9.58. The van der Waals surface area contributed by atoms with Crippen LogP contribution in [0.15, 0.2) is 0 Å². The zero-order chi connectivity index (χ0) is 15.1. The molecule has 0 aromatic carbocycles. The van der Waals surface area contributed by atoms with Gasteiger partial charge in [-0.3, -0.25) is 0 Å². The minimum Gasteiger partial charge on any atom is -0.375 e. The van der Waals surface area contributed by atoms with Crippen LogP contribution >= 0.6 is 0 Å². The van der Waals surface area contributed by atoms with Crippen molar-refractivity contribution < 1.29 is 4.74 Å². The van der Waals surface area contributed by atoms with Crippen molar-refractivity contribution in [3.05, 3.63) is 0 Å². The molecule has 2 aliphatic carbocycles. The summed E-state index contributed by atoms with van der Waals surface area (Å²) in [4.78, 5) is 0. The van der Waals surface area contributed by atoms with Crippen LogP contribution in [0.1, 0.15) is 78.6 Å². The van der Waals surface area contributed by atoms with Crippen molar-refractivity contribution in [3.63, 3.8) is 0 Å². The zero-order valence-corrected chi connectivity index (χ0v) is 14.4. The molecule has 2 N–H and O–H groups in total. The average molecular weight is 293 g/mol. The molecule has 21 heavy (non-hydrogen) atoms. The third kappa shape index (κ3) is 3.03. The maximum absolute atomic E-state index is 6.58. The Bertz CT molecular complexity index is 359. The first-order valence-electron chi connectivity index (χ1n) is 9.32. The molecule has 3 rings (SSSR count). The van der Waals surface area contributed by atoms with Crippen molar-refractivity contribution >= 4 is 0 Å². The highest BCUT2D eigenvalue weighted by Crippen LogP contribution is 2.52. The second-order valence-corrected chi connectivity index (χ2v) is 8.94. The molecule has 1 heterocycles. The Kier molecular flexibility index (Phi) is 4.40. The molecule has 1 saturated heterocycles. The highest BCUT2D eigenvalue weighted by atomic mass is 16.5. The van der Waals surface area contributed by atoms with Gasteiger partial charge < -0.3 is 10.5 Å². The summed E-state index contributed by atoms with van der Waals surface area (Å²) in [5.41, 5.74) is 7.19. The van der Waals surface area contributed by atoms with Gasteiger partial charge in [-0.2, -0.15) is 0 Å². The molecule has 3 fully saturated rings. The molecule has 2 saturated carbocycles. The zero-order valence-electron chi connectivity index (χ0n) is 14.4. The molecule has 0 amide bonds. The van der Waals surface area contributed by atoms with E-state index in [1.54, 1.807) is 0 Å². The van der Waals surface area contributed by atoms with Crippen LogP contribution in [-0.2, 0) is 4.74 Å². The summed E-state index contributed by atoms with van der Waals surface area (Å²) in [6.07, 6.45) is 11.8. The highest BCUT2D eigenvalue weighted by molar-refractivity contribution is 4.99. The monoisotopic (exact) mass is 293 g/mol. The number of nitrogens with two attached hydrogens (primary N) is 1. The Hall–Kier alpha value is -0.0800. The lowest BCUT2D eigenvalue weighted by molar-refractivity contribution is -0.123. The van der Waals surface area contributed by atoms with Gasteiger partial charge in [0.05, 0.1) is 5.60 Å². The number of hydrogen-bond acceptors (Lipinski definition) is 2. The van der Waals surface area contributed by atoms with E-state index in [9.17, 15) is 0 Å². The molecule has 122 valence electrons. The van der Waals surface area contributed by atoms with Gasteiger partial charge in [-0.15, -0.1) is 0 Å². The van der Waals surface area contributed by atoms with Crippen LogP contribution in [-0.4, -0.2) is 18.2 Å². The minimum atomic E-state index is 0.242. The Balaban J connectivity index is 1.71. The number of rotatable bonds is 2. The highest BCUT2D eigenvalue weighted by Gasteiger charge is 2.48. The Morgan fingerprint density at radius 2 is 1.81 bits per heavy atom. The van der Waals surface area contributed by atoms with Gasteiger partial charge in [0.25, 0.3) is 0 Å². The SMILES string of the molecule is CC1CCC(C(C)(C)C2CCOC3(CCCC3)C2)C(N)C1. The molecule has 0 bridgehead atoms. The molecule has 0 radical (unpaired) electrons. The van der Waals surface area contributed by atoms with Gasteiger partial charge in [0.15, 0.2) is 0 Å². The molecular weight excluding hydrogens is 258 g/mol. The first-order chi connectivity index (χ1) is 9.93. The third-order valence-electron chi connectivity index (χ3n) is 7.18. The maximum Gasteiger partial charge on any atom is 0.0685 e. The molecule has 1 spiro atoms. The quantitative estimate of drug-likeness (QED) is 0.812. The maximum atomic E-state index is 6.58. The van der Waals surface area contributed by atoms with Crippen LogP contribution in [0.4, 0.5) is 0 Å². The van der Waals surface area contributed by atoms with Crippen molar-refractivity contribution in [2.24, 2.45) is 28.9 Å². The van der Waals surface area contributed by atoms with Crippen LogP contribution in [0.5, 0.6) is 0 Å². The Morgan fingerprint density at radius 1 is 1.10 bits per heavy atom. The molecule has 1 aliphatic heterocycles. The minimum absolute atomic E-state index is 0.242. The van der Waals surface area contributed by atoms with Gasteiger partial charge in [-0.05, 0) is 61.7 Å². The fraction of sp³-hybridized carbons (Fsp3) is 1.00. The largest absolute Gasteiger partial charge is 0.375 e. The summed E-state index contributed by atoms with van der Waals surface area (Å²) in [5.74, 6) is 2.33. The van der Waals surface area contributed by atoms with E-state index in [4.69, 9.17) is 10.5 Å². The van der Waals surface area contributed by atoms with E-state index in [1.165, 1.54) is 57.8 Å². The smallest absolute Gasteiger partial charge is 0.0685 e. The molecule has 0 aromatic rings. The first kappa shape index (κ1) is 15.8. The summed E-state index contributed by atoms with van der Waals surface area (Å²) in [5, 5.41) is 0. The van der Waals surface area contributed by atoms with E-state index in [0.717, 1.165) is 18.4 Å². The van der Waals surface area contributed by atoms with Gasteiger partial charge >= 0.3 is 0 Å². The van der Waals surface area contributed by atoms with Gasteiger partial charge in [0.1, 0.15) is 0 Å². The predicted molar refractivity (Wildman–Crippen MR) is 88.1 cm³/mol. The van der Waals surface area contributed by atoms with Crippen LogP contribution in [0.2, 0.25) is 0 Å². The number of ether oxygens (including phenoxy) is 1.